The molecule has 0 aromatic heterocycles. The van der Waals surface area contributed by atoms with E-state index in [1.165, 1.54) is 6.92 Å². The predicted molar refractivity (Wildman–Crippen MR) is 238 cm³/mol. The average Bonchev–Trinajstić information content (AvgIpc) is 3.66. The molecule has 4 aliphatic heterocycles. The summed E-state index contributed by atoms with van der Waals surface area (Å²) in [5.41, 5.74) is 5.24. The van der Waals surface area contributed by atoms with Gasteiger partial charge in [0.15, 0.2) is 11.6 Å². The van der Waals surface area contributed by atoms with E-state index in [-0.39, 0.29) is 92.7 Å². The van der Waals surface area contributed by atoms with Crippen molar-refractivity contribution in [3.63, 3.8) is 0 Å². The highest BCUT2D eigenvalue weighted by Crippen LogP contribution is 2.29. The fourth-order valence-corrected chi connectivity index (χ4v) is 8.43. The molecule has 322 valence electrons. The van der Waals surface area contributed by atoms with Crippen LogP contribution in [0.1, 0.15) is 45.4 Å². The molecule has 2 atom stereocenters. The van der Waals surface area contributed by atoms with E-state index in [2.05, 4.69) is 48.3 Å². The van der Waals surface area contributed by atoms with Crippen molar-refractivity contribution in [2.45, 2.75) is 56.5 Å². The van der Waals surface area contributed by atoms with Gasteiger partial charge in [0.1, 0.15) is 11.1 Å². The number of piperazine rings is 2. The number of nitrogens with one attached hydrogen (secondary N) is 3. The molecule has 15 nitrogen and oxygen atoms in total. The van der Waals surface area contributed by atoms with E-state index in [9.17, 15) is 33.6 Å². The van der Waals surface area contributed by atoms with E-state index in [4.69, 9.17) is 52.1 Å². The zero-order chi connectivity index (χ0) is 43.5. The third-order valence-corrected chi connectivity index (χ3v) is 11.5. The lowest BCUT2D eigenvalue weighted by Gasteiger charge is -2.37. The monoisotopic (exact) mass is 1010 g/mol. The molecule has 0 spiro atoms. The maximum Gasteiger partial charge on any atom is 0.228 e. The second-order valence-corrected chi connectivity index (χ2v) is 16.3. The van der Waals surface area contributed by atoms with E-state index < -0.39 is 11.1 Å². The molecular formula is C39H49Cl4IN8O7. The molecule has 2 aromatic carbocycles. The van der Waals surface area contributed by atoms with Crippen LogP contribution < -0.4 is 31.5 Å². The second kappa shape index (κ2) is 21.9. The smallest absolute Gasteiger partial charge is 0.228 e. The summed E-state index contributed by atoms with van der Waals surface area (Å²) in [6.07, 6.45) is 0.277. The first-order chi connectivity index (χ1) is 28.0. The zero-order valence-corrected chi connectivity index (χ0v) is 38.1. The van der Waals surface area contributed by atoms with E-state index in [0.29, 0.717) is 72.4 Å². The Morgan fingerprint density at radius 2 is 1.00 bits per heavy atom. The van der Waals surface area contributed by atoms with Crippen LogP contribution in [0.5, 0.6) is 0 Å². The van der Waals surface area contributed by atoms with Gasteiger partial charge < -0.3 is 41.3 Å². The van der Waals surface area contributed by atoms with Gasteiger partial charge in [-0.15, -0.1) is 0 Å². The third kappa shape index (κ3) is 13.0. The lowest BCUT2D eigenvalue weighted by molar-refractivity contribution is -0.133. The molecule has 6 rings (SSSR count). The van der Waals surface area contributed by atoms with Crippen molar-refractivity contribution < 1.29 is 33.6 Å². The van der Waals surface area contributed by atoms with Crippen LogP contribution in [0.4, 0.5) is 11.4 Å². The Morgan fingerprint density at radius 1 is 0.644 bits per heavy atom. The van der Waals surface area contributed by atoms with Gasteiger partial charge in [-0.2, -0.15) is 0 Å². The van der Waals surface area contributed by atoms with Crippen LogP contribution in [0.25, 0.3) is 0 Å². The van der Waals surface area contributed by atoms with Gasteiger partial charge in [0.2, 0.25) is 29.5 Å². The summed E-state index contributed by atoms with van der Waals surface area (Å²) in [4.78, 5) is 93.9. The summed E-state index contributed by atoms with van der Waals surface area (Å²) in [6.45, 7) is 6.14. The van der Waals surface area contributed by atoms with Crippen molar-refractivity contribution in [3.05, 3.63) is 56.5 Å². The maximum atomic E-state index is 12.7. The topological polar surface area (TPSA) is 195 Å². The number of amides is 5. The highest BCUT2D eigenvalue weighted by molar-refractivity contribution is 14.1. The molecule has 2 aromatic rings. The molecule has 0 bridgehead atoms. The Hall–Kier alpha value is -3.42. The van der Waals surface area contributed by atoms with Gasteiger partial charge >= 0.3 is 0 Å². The number of carbonyl (C=O) groups is 7. The number of halogens is 5. The Balaban J connectivity index is 0.000000251. The standard InChI is InChI=1S/C20H24Cl2N4O4.C18H22Cl2N4O3.CH3I/c1-13(27)23-12-20(17(28)11-18(29)24-20)3-2-19(30)26-6-4-25(5-7-26)16-9-14(21)8-15(22)10-16;19-12-7-13(20)9-14(8-12)23-3-5-24(6-4-23)17(27)1-2-18(11-21)15(25)10-16(26)22-18;1-2/h8-10H,2-7,11-12H2,1H3,(H,23,27)(H,24,29);7-9H,1-6,10-11,21H2,(H,22,26);1H3. The number of benzene rings is 2. The van der Waals surface area contributed by atoms with E-state index in [1.54, 1.807) is 21.9 Å². The van der Waals surface area contributed by atoms with Crippen LogP contribution in [-0.2, 0) is 33.6 Å². The molecule has 59 heavy (non-hydrogen) atoms. The lowest BCUT2D eigenvalue weighted by atomic mass is 9.89. The molecule has 5 amide bonds. The van der Waals surface area contributed by atoms with Gasteiger partial charge in [0, 0.05) is 117 Å². The summed E-state index contributed by atoms with van der Waals surface area (Å²) >= 11 is 26.4. The highest BCUT2D eigenvalue weighted by Gasteiger charge is 2.46. The van der Waals surface area contributed by atoms with E-state index >= 15 is 0 Å². The molecule has 4 heterocycles. The first-order valence-corrected chi connectivity index (χ1v) is 22.7. The summed E-state index contributed by atoms with van der Waals surface area (Å²) in [6, 6.07) is 10.7. The summed E-state index contributed by atoms with van der Waals surface area (Å²) < 4.78 is 0. The number of alkyl halides is 1. The van der Waals surface area contributed by atoms with Gasteiger partial charge in [-0.25, -0.2) is 0 Å². The fraction of sp³-hybridized carbons (Fsp3) is 0.513. The molecule has 4 fully saturated rings. The quantitative estimate of drug-likeness (QED) is 0.147. The SMILES string of the molecule is CC(=O)NCC1(CCC(=O)N2CCN(c3cc(Cl)cc(Cl)c3)CC2)NC(=O)CC1=O.CI.NCC1(CCC(=O)N2CCN(c3cc(Cl)cc(Cl)c3)CC2)NC(=O)CC1=O. The normalized spacial score (nSPS) is 21.6. The minimum absolute atomic E-state index is 0.00809. The van der Waals surface area contributed by atoms with E-state index in [0.717, 1.165) is 11.4 Å². The summed E-state index contributed by atoms with van der Waals surface area (Å²) in [5.74, 6) is -1.66. The summed E-state index contributed by atoms with van der Waals surface area (Å²) in [5, 5.41) is 10.2. The van der Waals surface area contributed by atoms with Crippen LogP contribution in [0.3, 0.4) is 0 Å². The number of anilines is 2. The first-order valence-electron chi connectivity index (χ1n) is 19.0. The number of rotatable bonds is 11. The fourth-order valence-electron chi connectivity index (χ4n) is 7.40. The zero-order valence-electron chi connectivity index (χ0n) is 32.9. The first kappa shape index (κ1) is 48.2. The van der Waals surface area contributed by atoms with Crippen LogP contribution in [0.15, 0.2) is 36.4 Å². The average molecular weight is 1010 g/mol. The van der Waals surface area contributed by atoms with Gasteiger partial charge in [-0.1, -0.05) is 69.0 Å². The molecule has 5 N–H and O–H groups in total. The van der Waals surface area contributed by atoms with Crippen LogP contribution in [0.2, 0.25) is 20.1 Å². The minimum Gasteiger partial charge on any atom is -0.368 e. The second-order valence-electron chi connectivity index (χ2n) is 14.6. The van der Waals surface area contributed by atoms with Crippen LogP contribution >= 0.6 is 69.0 Å². The molecular weight excluding hydrogens is 961 g/mol. The maximum absolute atomic E-state index is 12.7. The van der Waals surface area contributed by atoms with Gasteiger partial charge in [-0.3, -0.25) is 33.6 Å². The molecule has 0 saturated carbocycles. The number of hydrogen-bond acceptors (Lipinski definition) is 10. The number of nitrogens with two attached hydrogens (primary N) is 1. The van der Waals surface area contributed by atoms with Crippen molar-refractivity contribution in [3.8, 4) is 0 Å². The number of ketones is 2. The Morgan fingerprint density at radius 3 is 1.32 bits per heavy atom. The third-order valence-electron chi connectivity index (χ3n) is 10.7. The lowest BCUT2D eigenvalue weighted by Crippen LogP contribution is -2.55. The largest absolute Gasteiger partial charge is 0.368 e. The molecule has 20 heteroatoms. The molecule has 0 aliphatic carbocycles. The Bertz CT molecular complexity index is 1870. The minimum atomic E-state index is -1.21. The Labute approximate surface area is 377 Å². The van der Waals surface area contributed by atoms with Gasteiger partial charge in [0.05, 0.1) is 12.8 Å². The molecule has 0 radical (unpaired) electrons. The van der Waals surface area contributed by atoms with Crippen molar-refractivity contribution in [2.75, 3.05) is 80.2 Å². The molecule has 2 unspecified atom stereocenters. The number of Topliss-reactive ketones (excluding diaryl/α,β-unsaturated/α-hetero) is 2. The van der Waals surface area contributed by atoms with Crippen LogP contribution in [-0.4, -0.2) is 132 Å². The number of nitrogens with zero attached hydrogens (tertiary/aromatic N) is 4. The van der Waals surface area contributed by atoms with Crippen molar-refractivity contribution >= 4 is 121 Å². The highest BCUT2D eigenvalue weighted by atomic mass is 127. The predicted octanol–water partition coefficient (Wildman–Crippen LogP) is 3.65. The molecule has 4 saturated heterocycles. The van der Waals surface area contributed by atoms with E-state index in [1.807, 2.05) is 29.2 Å². The summed E-state index contributed by atoms with van der Waals surface area (Å²) in [7, 11) is 0. The van der Waals surface area contributed by atoms with Crippen molar-refractivity contribution in [1.29, 1.82) is 0 Å². The molecule has 4 aliphatic rings. The number of carbonyl (C=O) groups excluding carboxylic acids is 7. The Kier molecular flexibility index (Phi) is 17.9. The number of hydrogen-bond donors (Lipinski definition) is 4. The van der Waals surface area contributed by atoms with Gasteiger partial charge in [0.25, 0.3) is 0 Å². The van der Waals surface area contributed by atoms with Crippen molar-refractivity contribution in [1.82, 2.24) is 25.8 Å². The van der Waals surface area contributed by atoms with Crippen LogP contribution in [0, 0.1) is 0 Å². The van der Waals surface area contributed by atoms with Crippen molar-refractivity contribution in [2.24, 2.45) is 5.73 Å². The van der Waals surface area contributed by atoms with Gasteiger partial charge in [-0.05, 0) is 54.2 Å².